The van der Waals surface area contributed by atoms with Crippen molar-refractivity contribution >= 4 is 0 Å². The standard InChI is InChI=1S/C20H26N2O2/c21-18-10-12-22(15-19(18)23)14-17-8-4-5-9-20(17)24-13-11-16-6-2-1-3-7-16/h1-9,18-19,23H,10-15,21H2. The van der Waals surface area contributed by atoms with E-state index in [0.717, 1.165) is 37.2 Å². The summed E-state index contributed by atoms with van der Waals surface area (Å²) in [5.74, 6) is 0.929. The molecule has 1 saturated heterocycles. The number of ether oxygens (including phenoxy) is 1. The maximum atomic E-state index is 9.96. The second-order valence-corrected chi connectivity index (χ2v) is 6.45. The van der Waals surface area contributed by atoms with Crippen LogP contribution in [0.25, 0.3) is 0 Å². The Balaban J connectivity index is 1.57. The van der Waals surface area contributed by atoms with Gasteiger partial charge in [-0.1, -0.05) is 48.5 Å². The second-order valence-electron chi connectivity index (χ2n) is 6.45. The van der Waals surface area contributed by atoms with Gasteiger partial charge in [-0.2, -0.15) is 0 Å². The molecule has 0 aliphatic carbocycles. The minimum absolute atomic E-state index is 0.0985. The predicted molar refractivity (Wildman–Crippen MR) is 96.0 cm³/mol. The molecule has 1 aliphatic rings. The van der Waals surface area contributed by atoms with Gasteiger partial charge < -0.3 is 15.6 Å². The zero-order valence-corrected chi connectivity index (χ0v) is 14.0. The lowest BCUT2D eigenvalue weighted by atomic mass is 10.0. The molecule has 3 N–H and O–H groups in total. The van der Waals surface area contributed by atoms with Crippen molar-refractivity contribution in [1.82, 2.24) is 4.90 Å². The van der Waals surface area contributed by atoms with Gasteiger partial charge in [0.1, 0.15) is 5.75 Å². The fourth-order valence-corrected chi connectivity index (χ4v) is 3.10. The number of benzene rings is 2. The number of aliphatic hydroxyl groups is 1. The van der Waals surface area contributed by atoms with Crippen LogP contribution in [-0.4, -0.2) is 41.8 Å². The van der Waals surface area contributed by atoms with Crippen LogP contribution in [0.3, 0.4) is 0 Å². The van der Waals surface area contributed by atoms with Gasteiger partial charge in [-0.25, -0.2) is 0 Å². The van der Waals surface area contributed by atoms with Gasteiger partial charge >= 0.3 is 0 Å². The molecule has 1 fully saturated rings. The minimum Gasteiger partial charge on any atom is -0.493 e. The molecular weight excluding hydrogens is 300 g/mol. The number of nitrogens with zero attached hydrogens (tertiary/aromatic N) is 1. The van der Waals surface area contributed by atoms with Crippen molar-refractivity contribution in [3.63, 3.8) is 0 Å². The number of aliphatic hydroxyl groups excluding tert-OH is 1. The predicted octanol–water partition coefficient (Wildman–Crippen LogP) is 2.20. The van der Waals surface area contributed by atoms with Gasteiger partial charge in [0.05, 0.1) is 12.7 Å². The average molecular weight is 326 g/mol. The summed E-state index contributed by atoms with van der Waals surface area (Å²) in [6, 6.07) is 18.4. The van der Waals surface area contributed by atoms with E-state index in [1.807, 2.05) is 24.3 Å². The second kappa shape index (κ2) is 8.29. The highest BCUT2D eigenvalue weighted by atomic mass is 16.5. The molecule has 0 saturated carbocycles. The quantitative estimate of drug-likeness (QED) is 0.854. The van der Waals surface area contributed by atoms with E-state index in [2.05, 4.69) is 35.2 Å². The highest BCUT2D eigenvalue weighted by Crippen LogP contribution is 2.22. The van der Waals surface area contributed by atoms with Gasteiger partial charge in [0.2, 0.25) is 0 Å². The molecule has 1 heterocycles. The van der Waals surface area contributed by atoms with E-state index in [-0.39, 0.29) is 6.04 Å². The first-order valence-electron chi connectivity index (χ1n) is 8.63. The van der Waals surface area contributed by atoms with Crippen molar-refractivity contribution < 1.29 is 9.84 Å². The maximum Gasteiger partial charge on any atom is 0.123 e. The fourth-order valence-electron chi connectivity index (χ4n) is 3.10. The summed E-state index contributed by atoms with van der Waals surface area (Å²) in [7, 11) is 0. The molecule has 2 aromatic rings. The number of β-amino-alcohol motifs (C(OH)–C–C–N with tert-alkyl or cyclic N) is 1. The fraction of sp³-hybridized carbons (Fsp3) is 0.400. The van der Waals surface area contributed by atoms with E-state index in [1.54, 1.807) is 0 Å². The molecule has 3 rings (SSSR count). The van der Waals surface area contributed by atoms with Crippen molar-refractivity contribution in [1.29, 1.82) is 0 Å². The van der Waals surface area contributed by atoms with Crippen molar-refractivity contribution in [3.05, 3.63) is 65.7 Å². The Morgan fingerprint density at radius 2 is 1.83 bits per heavy atom. The SMILES string of the molecule is NC1CCN(Cc2ccccc2OCCc2ccccc2)CC1O. The van der Waals surface area contributed by atoms with Crippen molar-refractivity contribution in [2.45, 2.75) is 31.5 Å². The number of hydrogen-bond donors (Lipinski definition) is 2. The van der Waals surface area contributed by atoms with Crippen LogP contribution in [0.15, 0.2) is 54.6 Å². The van der Waals surface area contributed by atoms with E-state index >= 15 is 0 Å². The van der Waals surface area contributed by atoms with Crippen LogP contribution >= 0.6 is 0 Å². The number of nitrogens with two attached hydrogens (primary N) is 1. The zero-order chi connectivity index (χ0) is 16.8. The number of hydrogen-bond acceptors (Lipinski definition) is 4. The van der Waals surface area contributed by atoms with Crippen molar-refractivity contribution in [3.8, 4) is 5.75 Å². The average Bonchev–Trinajstić information content (AvgIpc) is 2.61. The van der Waals surface area contributed by atoms with Crippen LogP contribution in [0, 0.1) is 0 Å². The lowest BCUT2D eigenvalue weighted by Crippen LogP contribution is -2.50. The molecule has 24 heavy (non-hydrogen) atoms. The Morgan fingerprint density at radius 3 is 2.62 bits per heavy atom. The van der Waals surface area contributed by atoms with Gasteiger partial charge in [0.25, 0.3) is 0 Å². The lowest BCUT2D eigenvalue weighted by Gasteiger charge is -2.34. The number of piperidine rings is 1. The Kier molecular flexibility index (Phi) is 5.86. The van der Waals surface area contributed by atoms with E-state index in [0.29, 0.717) is 13.2 Å². The maximum absolute atomic E-state index is 9.96. The monoisotopic (exact) mass is 326 g/mol. The Bertz CT molecular complexity index is 633. The summed E-state index contributed by atoms with van der Waals surface area (Å²) in [6.07, 6.45) is 1.29. The summed E-state index contributed by atoms with van der Waals surface area (Å²) < 4.78 is 6.02. The first-order valence-corrected chi connectivity index (χ1v) is 8.63. The Labute approximate surface area is 143 Å². The van der Waals surface area contributed by atoms with Gasteiger partial charge in [0, 0.05) is 37.7 Å². The summed E-state index contributed by atoms with van der Waals surface area (Å²) in [4.78, 5) is 2.24. The van der Waals surface area contributed by atoms with Gasteiger partial charge in [-0.05, 0) is 18.1 Å². The summed E-state index contributed by atoms with van der Waals surface area (Å²) in [6.45, 7) is 2.98. The molecule has 2 atom stereocenters. The van der Waals surface area contributed by atoms with Crippen LogP contribution in [0.4, 0.5) is 0 Å². The highest BCUT2D eigenvalue weighted by molar-refractivity contribution is 5.33. The molecule has 0 radical (unpaired) electrons. The molecule has 0 amide bonds. The smallest absolute Gasteiger partial charge is 0.123 e. The largest absolute Gasteiger partial charge is 0.493 e. The van der Waals surface area contributed by atoms with Crippen molar-refractivity contribution in [2.24, 2.45) is 5.73 Å². The molecule has 4 nitrogen and oxygen atoms in total. The topological polar surface area (TPSA) is 58.7 Å². The van der Waals surface area contributed by atoms with E-state index in [4.69, 9.17) is 10.5 Å². The zero-order valence-electron chi connectivity index (χ0n) is 14.0. The third-order valence-electron chi connectivity index (χ3n) is 4.58. The van der Waals surface area contributed by atoms with E-state index in [9.17, 15) is 5.11 Å². The normalized spacial score (nSPS) is 21.6. The molecule has 2 aromatic carbocycles. The van der Waals surface area contributed by atoms with Crippen molar-refractivity contribution in [2.75, 3.05) is 19.7 Å². The molecular formula is C20H26N2O2. The third kappa shape index (κ3) is 4.57. The molecule has 4 heteroatoms. The van der Waals surface area contributed by atoms with Crippen LogP contribution in [0.1, 0.15) is 17.5 Å². The number of likely N-dealkylation sites (tertiary alicyclic amines) is 1. The van der Waals surface area contributed by atoms with Gasteiger partial charge in [0.15, 0.2) is 0 Å². The van der Waals surface area contributed by atoms with E-state index in [1.165, 1.54) is 5.56 Å². The minimum atomic E-state index is -0.440. The molecule has 0 bridgehead atoms. The van der Waals surface area contributed by atoms with E-state index < -0.39 is 6.10 Å². The number of rotatable bonds is 6. The summed E-state index contributed by atoms with van der Waals surface area (Å²) in [5, 5.41) is 9.96. The van der Waals surface area contributed by atoms with Crippen LogP contribution in [-0.2, 0) is 13.0 Å². The molecule has 128 valence electrons. The number of para-hydroxylation sites is 1. The van der Waals surface area contributed by atoms with Gasteiger partial charge in [-0.3, -0.25) is 4.90 Å². The first-order chi connectivity index (χ1) is 11.7. The van der Waals surface area contributed by atoms with Crippen LogP contribution in [0.5, 0.6) is 5.75 Å². The molecule has 0 aromatic heterocycles. The van der Waals surface area contributed by atoms with Gasteiger partial charge in [-0.15, -0.1) is 0 Å². The Morgan fingerprint density at radius 1 is 1.08 bits per heavy atom. The molecule has 2 unspecified atom stereocenters. The molecule has 1 aliphatic heterocycles. The lowest BCUT2D eigenvalue weighted by molar-refractivity contribution is 0.0495. The molecule has 0 spiro atoms. The summed E-state index contributed by atoms with van der Waals surface area (Å²) in [5.41, 5.74) is 8.32. The first kappa shape index (κ1) is 17.0. The van der Waals surface area contributed by atoms with Crippen LogP contribution in [0.2, 0.25) is 0 Å². The third-order valence-corrected chi connectivity index (χ3v) is 4.58. The van der Waals surface area contributed by atoms with Crippen LogP contribution < -0.4 is 10.5 Å². The Hall–Kier alpha value is -1.88. The summed E-state index contributed by atoms with van der Waals surface area (Å²) >= 11 is 0. The highest BCUT2D eigenvalue weighted by Gasteiger charge is 2.25.